The molecule has 20 heavy (non-hydrogen) atoms. The van der Waals surface area contributed by atoms with Crippen LogP contribution in [-0.2, 0) is 19.7 Å². The van der Waals surface area contributed by atoms with E-state index in [0.717, 1.165) is 0 Å². The second-order valence-electron chi connectivity index (χ2n) is 4.09. The molecular weight excluding hydrogens is 295 g/mol. The number of rotatable bonds is 4. The van der Waals surface area contributed by atoms with Gasteiger partial charge in [-0.2, -0.15) is 0 Å². The summed E-state index contributed by atoms with van der Waals surface area (Å²) in [6.45, 7) is 0.227. The summed E-state index contributed by atoms with van der Waals surface area (Å²) in [4.78, 5) is 22.9. The molecule has 2 atom stereocenters. The summed E-state index contributed by atoms with van der Waals surface area (Å²) in [5, 5.41) is 2.80. The quantitative estimate of drug-likeness (QED) is 0.333. The molecule has 2 unspecified atom stereocenters. The van der Waals surface area contributed by atoms with E-state index in [1.165, 1.54) is 24.3 Å². The molecule has 0 spiro atoms. The van der Waals surface area contributed by atoms with Crippen molar-refractivity contribution in [2.45, 2.75) is 11.3 Å². The van der Waals surface area contributed by atoms with Gasteiger partial charge in [0.2, 0.25) is 11.8 Å². The van der Waals surface area contributed by atoms with Crippen LogP contribution in [0.5, 0.6) is 0 Å². The van der Waals surface area contributed by atoms with E-state index in [-0.39, 0.29) is 41.7 Å². The van der Waals surface area contributed by atoms with Crippen molar-refractivity contribution in [1.29, 1.82) is 0 Å². The molecule has 0 bridgehead atoms. The molecule has 1 fully saturated rings. The van der Waals surface area contributed by atoms with Gasteiger partial charge in [-0.15, -0.1) is 0 Å². The zero-order valence-corrected chi connectivity index (χ0v) is 13.5. The van der Waals surface area contributed by atoms with Crippen molar-refractivity contribution in [2.24, 2.45) is 0 Å². The minimum Gasteiger partial charge on any atom is -0.747 e. The van der Waals surface area contributed by atoms with Crippen LogP contribution >= 0.6 is 0 Å². The van der Waals surface area contributed by atoms with Crippen LogP contribution in [-0.4, -0.2) is 37.4 Å². The van der Waals surface area contributed by atoms with Crippen LogP contribution < -0.4 is 40.2 Å². The Bertz CT molecular complexity index is 604. The van der Waals surface area contributed by atoms with Gasteiger partial charge < -0.3 is 15.2 Å². The third kappa shape index (κ3) is 3.80. The van der Waals surface area contributed by atoms with Crippen LogP contribution in [0.25, 0.3) is 0 Å². The van der Waals surface area contributed by atoms with Gasteiger partial charge in [-0.3, -0.25) is 9.59 Å². The Labute approximate surface area is 138 Å². The van der Waals surface area contributed by atoms with Crippen molar-refractivity contribution in [3.8, 4) is 0 Å². The molecule has 1 aliphatic rings. The molecule has 102 valence electrons. The van der Waals surface area contributed by atoms with Gasteiger partial charge in [-0.1, -0.05) is 30.3 Å². The molecule has 0 radical (unpaired) electrons. The molecule has 0 saturated carbocycles. The predicted octanol–water partition coefficient (Wildman–Crippen LogP) is -4.11. The maximum absolute atomic E-state index is 11.9. The van der Waals surface area contributed by atoms with E-state index in [0.29, 0.717) is 0 Å². The smallest absolute Gasteiger partial charge is 0.747 e. The number of benzene rings is 1. The van der Waals surface area contributed by atoms with E-state index in [1.54, 1.807) is 6.07 Å². The number of nitrogens with one attached hydrogen (secondary N) is 2. The zero-order chi connectivity index (χ0) is 14.0. The van der Waals surface area contributed by atoms with Gasteiger partial charge in [0, 0.05) is 6.54 Å². The number of carbonyl (C=O) groups is 2. The van der Waals surface area contributed by atoms with E-state index in [1.807, 2.05) is 0 Å². The fraction of sp³-hybridized carbons (Fsp3) is 0.273. The van der Waals surface area contributed by atoms with Crippen molar-refractivity contribution in [1.82, 2.24) is 10.6 Å². The Kier molecular flexibility index (Phi) is 5.72. The van der Waals surface area contributed by atoms with Gasteiger partial charge in [0.1, 0.15) is 16.2 Å². The van der Waals surface area contributed by atoms with E-state index < -0.39 is 33.2 Å². The number of carbonyl (C=O) groups excluding carboxylic acids is 2. The maximum Gasteiger partial charge on any atom is 1.00 e. The van der Waals surface area contributed by atoms with Gasteiger partial charge in [0.25, 0.3) is 0 Å². The SMILES string of the molecule is O=C1NCC1NC(=O)C(c1ccccc1)S(=O)(=O)[O-].[Na+]. The largest absolute Gasteiger partial charge is 1.00 e. The van der Waals surface area contributed by atoms with E-state index in [9.17, 15) is 22.6 Å². The number of amides is 2. The van der Waals surface area contributed by atoms with Gasteiger partial charge in [0.05, 0.1) is 0 Å². The summed E-state index contributed by atoms with van der Waals surface area (Å²) in [7, 11) is -4.86. The number of hydrogen-bond acceptors (Lipinski definition) is 5. The number of β-lactam (4-membered cyclic amide) rings is 1. The predicted molar refractivity (Wildman–Crippen MR) is 63.8 cm³/mol. The molecule has 7 nitrogen and oxygen atoms in total. The van der Waals surface area contributed by atoms with Crippen LogP contribution in [0.1, 0.15) is 10.8 Å². The molecule has 0 aromatic heterocycles. The Morgan fingerprint density at radius 1 is 1.35 bits per heavy atom. The fourth-order valence-corrected chi connectivity index (χ4v) is 2.55. The van der Waals surface area contributed by atoms with Crippen molar-refractivity contribution < 1.29 is 52.1 Å². The van der Waals surface area contributed by atoms with Crippen LogP contribution in [0, 0.1) is 0 Å². The standard InChI is InChI=1S/C11H12N2O5S.Na/c14-10-8(6-12-10)13-11(15)9(19(16,17)18)7-4-2-1-3-5-7;/h1-5,8-9H,6H2,(H,12,14)(H,13,15)(H,16,17,18);/q;+1/p-1. The van der Waals surface area contributed by atoms with Gasteiger partial charge in [-0.25, -0.2) is 8.42 Å². The summed E-state index contributed by atoms with van der Waals surface area (Å²) >= 11 is 0. The van der Waals surface area contributed by atoms with Crippen molar-refractivity contribution in [3.63, 3.8) is 0 Å². The zero-order valence-electron chi connectivity index (χ0n) is 10.7. The van der Waals surface area contributed by atoms with Gasteiger partial charge in [-0.05, 0) is 5.56 Å². The summed E-state index contributed by atoms with van der Waals surface area (Å²) in [5.41, 5.74) is 0.0785. The normalized spacial score (nSPS) is 19.1. The van der Waals surface area contributed by atoms with E-state index in [2.05, 4.69) is 10.6 Å². The summed E-state index contributed by atoms with van der Waals surface area (Å²) in [6.07, 6.45) is 0. The molecule has 1 heterocycles. The van der Waals surface area contributed by atoms with Gasteiger partial charge >= 0.3 is 29.6 Å². The van der Waals surface area contributed by atoms with E-state index >= 15 is 0 Å². The first-order valence-corrected chi connectivity index (χ1v) is 6.94. The molecule has 1 aromatic carbocycles. The Hall–Kier alpha value is -0.930. The average Bonchev–Trinajstić information content (AvgIpc) is 2.34. The first-order chi connectivity index (χ1) is 8.89. The molecule has 2 rings (SSSR count). The molecule has 1 aliphatic heterocycles. The third-order valence-electron chi connectivity index (χ3n) is 2.74. The first-order valence-electron chi connectivity index (χ1n) is 5.47. The van der Waals surface area contributed by atoms with Crippen LogP contribution in [0.15, 0.2) is 30.3 Å². The van der Waals surface area contributed by atoms with Crippen LogP contribution in [0.3, 0.4) is 0 Å². The summed E-state index contributed by atoms with van der Waals surface area (Å²) in [5.74, 6) is -1.38. The molecule has 2 N–H and O–H groups in total. The van der Waals surface area contributed by atoms with E-state index in [4.69, 9.17) is 0 Å². The van der Waals surface area contributed by atoms with Gasteiger partial charge in [0.15, 0.2) is 5.25 Å². The summed E-state index contributed by atoms with van der Waals surface area (Å²) in [6, 6.07) is 6.66. The average molecular weight is 306 g/mol. The van der Waals surface area contributed by atoms with Crippen LogP contribution in [0.2, 0.25) is 0 Å². The van der Waals surface area contributed by atoms with Crippen molar-refractivity contribution in [2.75, 3.05) is 6.54 Å². The van der Waals surface area contributed by atoms with Crippen molar-refractivity contribution >= 4 is 21.9 Å². The first kappa shape index (κ1) is 17.1. The minimum absolute atomic E-state index is 0. The Morgan fingerprint density at radius 3 is 2.35 bits per heavy atom. The van der Waals surface area contributed by atoms with Crippen LogP contribution in [0.4, 0.5) is 0 Å². The maximum atomic E-state index is 11.9. The second kappa shape index (κ2) is 6.68. The number of hydrogen-bond donors (Lipinski definition) is 2. The second-order valence-corrected chi connectivity index (χ2v) is 5.55. The molecule has 2 amide bonds. The fourth-order valence-electron chi connectivity index (χ4n) is 1.73. The van der Waals surface area contributed by atoms with Crippen molar-refractivity contribution in [3.05, 3.63) is 35.9 Å². The Balaban J connectivity index is 0.00000200. The molecular formula is C11H11N2NaO5S. The molecule has 1 aromatic rings. The third-order valence-corrected chi connectivity index (χ3v) is 3.81. The topological polar surface area (TPSA) is 115 Å². The molecule has 1 saturated heterocycles. The molecule has 9 heteroatoms. The minimum atomic E-state index is -4.86. The summed E-state index contributed by atoms with van der Waals surface area (Å²) < 4.78 is 33.7. The Morgan fingerprint density at radius 2 is 1.95 bits per heavy atom. The molecule has 0 aliphatic carbocycles. The monoisotopic (exact) mass is 306 g/mol.